The van der Waals surface area contributed by atoms with Crippen LogP contribution in [0.1, 0.15) is 18.2 Å². The van der Waals surface area contributed by atoms with E-state index in [0.29, 0.717) is 18.0 Å². The van der Waals surface area contributed by atoms with Crippen LogP contribution in [-0.4, -0.2) is 28.5 Å². The number of esters is 1. The number of rotatable bonds is 6. The fourth-order valence-electron chi connectivity index (χ4n) is 2.43. The van der Waals surface area contributed by atoms with Gasteiger partial charge in [-0.2, -0.15) is 0 Å². The van der Waals surface area contributed by atoms with E-state index in [1.165, 1.54) is 12.2 Å². The zero-order chi connectivity index (χ0) is 19.8. The minimum atomic E-state index is -0.387. The third-order valence-corrected chi connectivity index (χ3v) is 3.75. The number of ether oxygens (including phenoxy) is 1. The highest BCUT2D eigenvalue weighted by atomic mass is 16.5. The molecule has 1 aromatic heterocycles. The van der Waals surface area contributed by atoms with Gasteiger partial charge in [-0.15, -0.1) is 0 Å². The molecule has 0 saturated heterocycles. The fourth-order valence-corrected chi connectivity index (χ4v) is 2.43. The molecule has 1 N–H and O–H groups in total. The van der Waals surface area contributed by atoms with Crippen LogP contribution in [0.2, 0.25) is 0 Å². The summed E-state index contributed by atoms with van der Waals surface area (Å²) < 4.78 is 4.83. The maximum Gasteiger partial charge on any atom is 0.330 e. The number of para-hydroxylation sites is 2. The Morgan fingerprint density at radius 3 is 2.50 bits per heavy atom. The quantitative estimate of drug-likeness (QED) is 0.524. The number of hydrogen-bond donors (Lipinski definition) is 1. The summed E-state index contributed by atoms with van der Waals surface area (Å²) in [5.41, 5.74) is 3.66. The first-order valence-corrected chi connectivity index (χ1v) is 8.80. The molecule has 3 aromatic rings. The highest BCUT2D eigenvalue weighted by molar-refractivity contribution is 6.02. The average Bonchev–Trinajstić information content (AvgIpc) is 2.72. The van der Waals surface area contributed by atoms with E-state index in [2.05, 4.69) is 15.3 Å². The van der Waals surface area contributed by atoms with Crippen molar-refractivity contribution in [1.82, 2.24) is 9.97 Å². The first kappa shape index (κ1) is 19.0. The molecular formula is C22H19N3O3. The summed E-state index contributed by atoms with van der Waals surface area (Å²) in [7, 11) is 0. The van der Waals surface area contributed by atoms with E-state index >= 15 is 0 Å². The Kier molecular flexibility index (Phi) is 6.25. The minimum Gasteiger partial charge on any atom is -0.463 e. The van der Waals surface area contributed by atoms with Crippen LogP contribution in [0.3, 0.4) is 0 Å². The van der Waals surface area contributed by atoms with Gasteiger partial charge in [0.25, 0.3) is 0 Å². The van der Waals surface area contributed by atoms with E-state index in [1.807, 2.05) is 24.3 Å². The van der Waals surface area contributed by atoms with Gasteiger partial charge in [0.15, 0.2) is 0 Å². The highest BCUT2D eigenvalue weighted by Gasteiger charge is 2.00. The third kappa shape index (κ3) is 5.35. The SMILES string of the molecule is CCOC(=O)/C=C/c1ccc(NC(=O)/C=C/c2cnc3ccccc3n2)cc1. The van der Waals surface area contributed by atoms with Crippen LogP contribution in [0.4, 0.5) is 5.69 Å². The van der Waals surface area contributed by atoms with Crippen molar-refractivity contribution in [2.75, 3.05) is 11.9 Å². The van der Waals surface area contributed by atoms with Gasteiger partial charge in [0.2, 0.25) is 5.91 Å². The van der Waals surface area contributed by atoms with Crippen LogP contribution >= 0.6 is 0 Å². The predicted octanol–water partition coefficient (Wildman–Crippen LogP) is 3.86. The standard InChI is InChI=1S/C22H19N3O3/c1-2-28-22(27)14-9-16-7-10-17(11-8-16)25-21(26)13-12-18-15-23-19-5-3-4-6-20(19)24-18/h3-15H,2H2,1H3,(H,25,26)/b13-12+,14-9+. The van der Waals surface area contributed by atoms with E-state index in [-0.39, 0.29) is 11.9 Å². The van der Waals surface area contributed by atoms with Gasteiger partial charge >= 0.3 is 5.97 Å². The molecule has 0 unspecified atom stereocenters. The molecule has 0 fully saturated rings. The van der Waals surface area contributed by atoms with Gasteiger partial charge in [0.05, 0.1) is 29.5 Å². The molecule has 2 aromatic carbocycles. The second kappa shape index (κ2) is 9.23. The Morgan fingerprint density at radius 2 is 1.75 bits per heavy atom. The number of benzene rings is 2. The van der Waals surface area contributed by atoms with Gasteiger partial charge in [0.1, 0.15) is 0 Å². The van der Waals surface area contributed by atoms with E-state index < -0.39 is 0 Å². The molecule has 0 radical (unpaired) electrons. The molecule has 0 spiro atoms. The van der Waals surface area contributed by atoms with Crippen LogP contribution in [0, 0.1) is 0 Å². The smallest absolute Gasteiger partial charge is 0.330 e. The second-order valence-electron chi connectivity index (χ2n) is 5.81. The van der Waals surface area contributed by atoms with E-state index in [1.54, 1.807) is 49.5 Å². The van der Waals surface area contributed by atoms with Crippen LogP contribution in [0.5, 0.6) is 0 Å². The molecule has 1 heterocycles. The maximum atomic E-state index is 12.1. The van der Waals surface area contributed by atoms with Crippen molar-refractivity contribution in [2.45, 2.75) is 6.92 Å². The number of carbonyl (C=O) groups excluding carboxylic acids is 2. The maximum absolute atomic E-state index is 12.1. The number of fused-ring (bicyclic) bond motifs is 1. The molecule has 28 heavy (non-hydrogen) atoms. The third-order valence-electron chi connectivity index (χ3n) is 3.75. The number of aromatic nitrogens is 2. The topological polar surface area (TPSA) is 81.2 Å². The summed E-state index contributed by atoms with van der Waals surface area (Å²) in [6.45, 7) is 2.09. The van der Waals surface area contributed by atoms with Crippen LogP contribution in [0.15, 0.2) is 66.9 Å². The van der Waals surface area contributed by atoms with Gasteiger partial charge in [0, 0.05) is 17.8 Å². The van der Waals surface area contributed by atoms with Gasteiger partial charge in [-0.3, -0.25) is 9.78 Å². The van der Waals surface area contributed by atoms with E-state index in [4.69, 9.17) is 4.74 Å². The van der Waals surface area contributed by atoms with Crippen molar-refractivity contribution in [3.8, 4) is 0 Å². The molecule has 0 atom stereocenters. The summed E-state index contributed by atoms with van der Waals surface area (Å²) in [6, 6.07) is 14.7. The second-order valence-corrected chi connectivity index (χ2v) is 5.81. The predicted molar refractivity (Wildman–Crippen MR) is 109 cm³/mol. The van der Waals surface area contributed by atoms with Crippen molar-refractivity contribution in [2.24, 2.45) is 0 Å². The zero-order valence-corrected chi connectivity index (χ0v) is 15.3. The molecule has 140 valence electrons. The molecule has 0 aliphatic carbocycles. The Morgan fingerprint density at radius 1 is 1.00 bits per heavy atom. The summed E-state index contributed by atoms with van der Waals surface area (Å²) in [5.74, 6) is -0.661. The molecule has 0 bridgehead atoms. The molecule has 0 saturated carbocycles. The number of carbonyl (C=O) groups is 2. The number of anilines is 1. The lowest BCUT2D eigenvalue weighted by molar-refractivity contribution is -0.137. The van der Waals surface area contributed by atoms with Gasteiger partial charge in [-0.05, 0) is 48.9 Å². The largest absolute Gasteiger partial charge is 0.463 e. The lowest BCUT2D eigenvalue weighted by Gasteiger charge is -2.03. The van der Waals surface area contributed by atoms with E-state index in [0.717, 1.165) is 16.6 Å². The van der Waals surface area contributed by atoms with E-state index in [9.17, 15) is 9.59 Å². The molecule has 3 rings (SSSR count). The zero-order valence-electron chi connectivity index (χ0n) is 15.3. The summed E-state index contributed by atoms with van der Waals surface area (Å²) in [5, 5.41) is 2.77. The van der Waals surface area contributed by atoms with Crippen molar-refractivity contribution in [3.05, 3.63) is 78.1 Å². The normalized spacial score (nSPS) is 11.2. The Hall–Kier alpha value is -3.80. The van der Waals surface area contributed by atoms with Crippen molar-refractivity contribution in [1.29, 1.82) is 0 Å². The number of nitrogens with one attached hydrogen (secondary N) is 1. The molecule has 1 amide bonds. The van der Waals surface area contributed by atoms with Crippen LogP contribution < -0.4 is 5.32 Å². The monoisotopic (exact) mass is 373 g/mol. The fraction of sp³-hybridized carbons (Fsp3) is 0.0909. The van der Waals surface area contributed by atoms with Crippen LogP contribution in [0.25, 0.3) is 23.2 Å². The van der Waals surface area contributed by atoms with Crippen LogP contribution in [-0.2, 0) is 14.3 Å². The van der Waals surface area contributed by atoms with Gasteiger partial charge in [-0.25, -0.2) is 9.78 Å². The summed E-state index contributed by atoms with van der Waals surface area (Å²) in [6.07, 6.45) is 7.67. The molecular weight excluding hydrogens is 354 g/mol. The average molecular weight is 373 g/mol. The molecule has 0 aliphatic rings. The van der Waals surface area contributed by atoms with Crippen molar-refractivity contribution in [3.63, 3.8) is 0 Å². The minimum absolute atomic E-state index is 0.273. The number of nitrogens with zero attached hydrogens (tertiary/aromatic N) is 2. The first-order valence-electron chi connectivity index (χ1n) is 8.80. The van der Waals surface area contributed by atoms with Crippen molar-refractivity contribution >= 4 is 40.7 Å². The first-order chi connectivity index (χ1) is 13.6. The molecule has 0 aliphatic heterocycles. The van der Waals surface area contributed by atoms with Crippen molar-refractivity contribution < 1.29 is 14.3 Å². The number of hydrogen-bond acceptors (Lipinski definition) is 5. The number of amides is 1. The Balaban J connectivity index is 1.59. The highest BCUT2D eigenvalue weighted by Crippen LogP contribution is 2.12. The lowest BCUT2D eigenvalue weighted by Crippen LogP contribution is -2.07. The lowest BCUT2D eigenvalue weighted by atomic mass is 10.2. The Labute approximate surface area is 162 Å². The van der Waals surface area contributed by atoms with Gasteiger partial charge < -0.3 is 10.1 Å². The summed E-state index contributed by atoms with van der Waals surface area (Å²) >= 11 is 0. The van der Waals surface area contributed by atoms with Gasteiger partial charge in [-0.1, -0.05) is 24.3 Å². The summed E-state index contributed by atoms with van der Waals surface area (Å²) in [4.78, 5) is 32.2. The molecule has 6 nitrogen and oxygen atoms in total. The molecule has 6 heteroatoms. The Bertz CT molecular complexity index is 1040.